The lowest BCUT2D eigenvalue weighted by molar-refractivity contribution is 0.0369. The Morgan fingerprint density at radius 3 is 2.80 bits per heavy atom. The number of piperidine rings is 1. The molecule has 2 aliphatic heterocycles. The third-order valence-corrected chi connectivity index (χ3v) is 5.48. The van der Waals surface area contributed by atoms with Crippen molar-refractivity contribution in [2.75, 3.05) is 40.4 Å². The number of fused-ring (bicyclic) bond motifs is 2. The Labute approximate surface area is 147 Å². The number of piperazine rings is 1. The highest BCUT2D eigenvalue weighted by atomic mass is 16.5. The fourth-order valence-electron chi connectivity index (χ4n) is 4.09. The first-order valence-electron chi connectivity index (χ1n) is 8.97. The zero-order chi connectivity index (χ0) is 17.4. The van der Waals surface area contributed by atoms with E-state index in [1.807, 2.05) is 23.1 Å². The Hall–Kier alpha value is -2.21. The quantitative estimate of drug-likeness (QED) is 0.930. The van der Waals surface area contributed by atoms with Crippen LogP contribution < -0.4 is 9.47 Å². The maximum atomic E-state index is 13.0. The fraction of sp³-hybridized carbons (Fsp3) is 0.526. The molecule has 1 atom stereocenters. The second-order valence-corrected chi connectivity index (χ2v) is 6.91. The van der Waals surface area contributed by atoms with Gasteiger partial charge in [0.1, 0.15) is 17.2 Å². The number of rotatable bonds is 3. The van der Waals surface area contributed by atoms with Gasteiger partial charge in [-0.05, 0) is 31.5 Å². The molecular formula is C19H25N3O3. The van der Waals surface area contributed by atoms with Gasteiger partial charge in [0.2, 0.25) is 0 Å². The monoisotopic (exact) mass is 343 g/mol. The molecule has 2 aliphatic rings. The number of ether oxygens (including phenoxy) is 2. The average molecular weight is 343 g/mol. The van der Waals surface area contributed by atoms with E-state index in [4.69, 9.17) is 9.47 Å². The van der Waals surface area contributed by atoms with Crippen LogP contribution in [0.25, 0.3) is 10.9 Å². The van der Waals surface area contributed by atoms with Crippen LogP contribution in [0.5, 0.6) is 11.5 Å². The molecule has 3 heterocycles. The van der Waals surface area contributed by atoms with Crippen LogP contribution in [-0.2, 0) is 0 Å². The predicted octanol–water partition coefficient (Wildman–Crippen LogP) is 2.50. The Balaban J connectivity index is 1.59. The zero-order valence-corrected chi connectivity index (χ0v) is 14.9. The summed E-state index contributed by atoms with van der Waals surface area (Å²) in [5.74, 6) is 1.48. The van der Waals surface area contributed by atoms with Gasteiger partial charge in [-0.1, -0.05) is 6.42 Å². The van der Waals surface area contributed by atoms with Gasteiger partial charge < -0.3 is 19.4 Å². The maximum Gasteiger partial charge on any atom is 0.270 e. The van der Waals surface area contributed by atoms with E-state index in [2.05, 4.69) is 9.88 Å². The lowest BCUT2D eigenvalue weighted by atomic mass is 9.99. The fourth-order valence-corrected chi connectivity index (χ4v) is 4.09. The summed E-state index contributed by atoms with van der Waals surface area (Å²) < 4.78 is 10.8. The van der Waals surface area contributed by atoms with E-state index in [1.165, 1.54) is 25.8 Å². The Morgan fingerprint density at radius 1 is 1.12 bits per heavy atom. The molecule has 2 fully saturated rings. The second-order valence-electron chi connectivity index (χ2n) is 6.91. The van der Waals surface area contributed by atoms with Gasteiger partial charge in [0, 0.05) is 37.1 Å². The summed E-state index contributed by atoms with van der Waals surface area (Å²) in [6.45, 7) is 3.78. The first-order valence-corrected chi connectivity index (χ1v) is 8.97. The molecule has 2 saturated heterocycles. The number of methoxy groups -OCH3 is 2. The molecule has 134 valence electrons. The Bertz CT molecular complexity index is 786. The van der Waals surface area contributed by atoms with Crippen LogP contribution in [0.1, 0.15) is 29.8 Å². The molecule has 6 heteroatoms. The molecule has 4 rings (SSSR count). The molecule has 1 N–H and O–H groups in total. The standard InChI is InChI=1S/C19H25N3O3/c1-24-15-9-13-10-16(20-18(13)17(11-15)25-2)19(23)22-8-7-21-6-4-3-5-14(21)12-22/h9-11,14,20H,3-8,12H2,1-2H3. The molecule has 1 unspecified atom stereocenters. The molecule has 1 aromatic heterocycles. The smallest absolute Gasteiger partial charge is 0.270 e. The molecule has 0 spiro atoms. The van der Waals surface area contributed by atoms with Gasteiger partial charge in [-0.15, -0.1) is 0 Å². The van der Waals surface area contributed by atoms with Gasteiger partial charge in [-0.2, -0.15) is 0 Å². The highest BCUT2D eigenvalue weighted by Crippen LogP contribution is 2.32. The Morgan fingerprint density at radius 2 is 2.00 bits per heavy atom. The first-order chi connectivity index (χ1) is 12.2. The third-order valence-electron chi connectivity index (χ3n) is 5.48. The van der Waals surface area contributed by atoms with Gasteiger partial charge in [-0.3, -0.25) is 9.69 Å². The van der Waals surface area contributed by atoms with E-state index >= 15 is 0 Å². The molecule has 0 bridgehead atoms. The zero-order valence-electron chi connectivity index (χ0n) is 14.9. The average Bonchev–Trinajstić information content (AvgIpc) is 3.10. The SMILES string of the molecule is COc1cc(OC)c2[nH]c(C(=O)N3CCN4CCCCC4C3)cc2c1. The van der Waals surface area contributed by atoms with E-state index in [-0.39, 0.29) is 5.91 Å². The molecule has 6 nitrogen and oxygen atoms in total. The molecular weight excluding hydrogens is 318 g/mol. The van der Waals surface area contributed by atoms with Crippen molar-refractivity contribution in [3.63, 3.8) is 0 Å². The number of H-pyrrole nitrogens is 1. The topological polar surface area (TPSA) is 57.8 Å². The minimum atomic E-state index is 0.0717. The van der Waals surface area contributed by atoms with Crippen molar-refractivity contribution in [1.29, 1.82) is 0 Å². The number of benzene rings is 1. The van der Waals surface area contributed by atoms with Gasteiger partial charge in [0.05, 0.1) is 19.7 Å². The molecule has 1 aromatic carbocycles. The van der Waals surface area contributed by atoms with Crippen molar-refractivity contribution in [1.82, 2.24) is 14.8 Å². The minimum Gasteiger partial charge on any atom is -0.497 e. The maximum absolute atomic E-state index is 13.0. The van der Waals surface area contributed by atoms with Gasteiger partial charge in [0.25, 0.3) is 5.91 Å². The molecule has 25 heavy (non-hydrogen) atoms. The molecule has 1 amide bonds. The van der Waals surface area contributed by atoms with Crippen molar-refractivity contribution in [3.8, 4) is 11.5 Å². The summed E-state index contributed by atoms with van der Waals surface area (Å²) in [6.07, 6.45) is 3.75. The predicted molar refractivity (Wildman–Crippen MR) is 96.5 cm³/mol. The van der Waals surface area contributed by atoms with E-state index in [0.29, 0.717) is 17.5 Å². The van der Waals surface area contributed by atoms with Crippen LogP contribution in [0.3, 0.4) is 0 Å². The van der Waals surface area contributed by atoms with E-state index < -0.39 is 0 Å². The van der Waals surface area contributed by atoms with E-state index in [0.717, 1.165) is 36.3 Å². The number of nitrogens with zero attached hydrogens (tertiary/aromatic N) is 2. The van der Waals surface area contributed by atoms with Gasteiger partial charge >= 0.3 is 0 Å². The summed E-state index contributed by atoms with van der Waals surface area (Å²) in [5, 5.41) is 0.927. The summed E-state index contributed by atoms with van der Waals surface area (Å²) in [5.41, 5.74) is 1.45. The normalized spacial score (nSPS) is 21.2. The van der Waals surface area contributed by atoms with Gasteiger partial charge in [-0.25, -0.2) is 0 Å². The summed E-state index contributed by atoms with van der Waals surface area (Å²) in [4.78, 5) is 20.8. The van der Waals surface area contributed by atoms with Crippen molar-refractivity contribution in [2.45, 2.75) is 25.3 Å². The third kappa shape index (κ3) is 2.95. The van der Waals surface area contributed by atoms with Crippen molar-refractivity contribution < 1.29 is 14.3 Å². The minimum absolute atomic E-state index is 0.0717. The molecule has 0 radical (unpaired) electrons. The number of nitrogens with one attached hydrogen (secondary N) is 1. The van der Waals surface area contributed by atoms with Crippen LogP contribution in [0.2, 0.25) is 0 Å². The summed E-state index contributed by atoms with van der Waals surface area (Å²) >= 11 is 0. The molecule has 0 aliphatic carbocycles. The second kappa shape index (κ2) is 6.59. The lowest BCUT2D eigenvalue weighted by Gasteiger charge is -2.43. The number of hydrogen-bond donors (Lipinski definition) is 1. The number of aromatic nitrogens is 1. The van der Waals surface area contributed by atoms with Crippen molar-refractivity contribution in [3.05, 3.63) is 23.9 Å². The molecule has 0 saturated carbocycles. The lowest BCUT2D eigenvalue weighted by Crippen LogP contribution is -2.56. The van der Waals surface area contributed by atoms with Crippen LogP contribution in [-0.4, -0.2) is 67.1 Å². The summed E-state index contributed by atoms with van der Waals surface area (Å²) in [6, 6.07) is 6.17. The number of hydrogen-bond acceptors (Lipinski definition) is 4. The van der Waals surface area contributed by atoms with Crippen molar-refractivity contribution >= 4 is 16.8 Å². The van der Waals surface area contributed by atoms with Crippen molar-refractivity contribution in [2.24, 2.45) is 0 Å². The number of carbonyl (C=O) groups excluding carboxylic acids is 1. The van der Waals surface area contributed by atoms with Crippen LogP contribution in [0, 0.1) is 0 Å². The van der Waals surface area contributed by atoms with Crippen LogP contribution in [0.15, 0.2) is 18.2 Å². The molecule has 2 aromatic rings. The Kier molecular flexibility index (Phi) is 4.29. The number of aromatic amines is 1. The highest BCUT2D eigenvalue weighted by Gasteiger charge is 2.31. The number of carbonyl (C=O) groups is 1. The number of amides is 1. The van der Waals surface area contributed by atoms with Gasteiger partial charge in [0.15, 0.2) is 0 Å². The van der Waals surface area contributed by atoms with E-state index in [9.17, 15) is 4.79 Å². The first kappa shape index (κ1) is 16.3. The van der Waals surface area contributed by atoms with Crippen LogP contribution in [0.4, 0.5) is 0 Å². The summed E-state index contributed by atoms with van der Waals surface area (Å²) in [7, 11) is 3.25. The largest absolute Gasteiger partial charge is 0.497 e. The van der Waals surface area contributed by atoms with Crippen LogP contribution >= 0.6 is 0 Å². The highest BCUT2D eigenvalue weighted by molar-refractivity contribution is 6.00. The van der Waals surface area contributed by atoms with E-state index in [1.54, 1.807) is 14.2 Å².